The molecule has 0 amide bonds. The van der Waals surface area contributed by atoms with Crippen molar-refractivity contribution in [3.8, 4) is 11.8 Å². The van der Waals surface area contributed by atoms with Gasteiger partial charge in [0, 0.05) is 11.5 Å². The Morgan fingerprint density at radius 3 is 2.07 bits per heavy atom. The van der Waals surface area contributed by atoms with E-state index in [0.29, 0.717) is 5.92 Å². The third-order valence-electron chi connectivity index (χ3n) is 6.46. The SMILES string of the molecule is CCC[C@H]1CC[C@H](CCc2ccc(C#CC(CC)c3ccccc3)cc2)CC1. The average Bonchev–Trinajstić information content (AvgIpc) is 2.75. The monoisotopic (exact) mass is 372 g/mol. The lowest BCUT2D eigenvalue weighted by atomic mass is 9.78. The van der Waals surface area contributed by atoms with Gasteiger partial charge < -0.3 is 0 Å². The highest BCUT2D eigenvalue weighted by molar-refractivity contribution is 5.39. The largest absolute Gasteiger partial charge is 0.0897 e. The second-order valence-corrected chi connectivity index (χ2v) is 8.55. The maximum atomic E-state index is 3.47. The van der Waals surface area contributed by atoms with Gasteiger partial charge in [0.05, 0.1) is 0 Å². The van der Waals surface area contributed by atoms with E-state index in [1.165, 1.54) is 62.5 Å². The molecule has 0 radical (unpaired) electrons. The number of aryl methyl sites for hydroxylation is 1. The highest BCUT2D eigenvalue weighted by Gasteiger charge is 2.20. The second kappa shape index (κ2) is 11.1. The molecule has 1 unspecified atom stereocenters. The molecule has 0 N–H and O–H groups in total. The van der Waals surface area contributed by atoms with Gasteiger partial charge in [0.1, 0.15) is 0 Å². The van der Waals surface area contributed by atoms with Crippen LogP contribution in [0.2, 0.25) is 0 Å². The molecule has 0 heteroatoms. The molecule has 1 fully saturated rings. The van der Waals surface area contributed by atoms with Crippen molar-refractivity contribution in [1.29, 1.82) is 0 Å². The van der Waals surface area contributed by atoms with Gasteiger partial charge in [0.2, 0.25) is 0 Å². The maximum Gasteiger partial charge on any atom is 0.0453 e. The first-order chi connectivity index (χ1) is 13.8. The Balaban J connectivity index is 1.49. The van der Waals surface area contributed by atoms with E-state index in [9.17, 15) is 0 Å². The first-order valence-electron chi connectivity index (χ1n) is 11.4. The van der Waals surface area contributed by atoms with Crippen LogP contribution in [0.5, 0.6) is 0 Å². The van der Waals surface area contributed by atoms with Gasteiger partial charge in [-0.2, -0.15) is 0 Å². The van der Waals surface area contributed by atoms with Crippen LogP contribution in [0.1, 0.15) is 87.8 Å². The number of rotatable bonds is 7. The van der Waals surface area contributed by atoms with Crippen molar-refractivity contribution in [2.75, 3.05) is 0 Å². The van der Waals surface area contributed by atoms with Crippen LogP contribution in [0.25, 0.3) is 0 Å². The minimum Gasteiger partial charge on any atom is -0.0897 e. The lowest BCUT2D eigenvalue weighted by Gasteiger charge is -2.28. The van der Waals surface area contributed by atoms with Crippen molar-refractivity contribution in [2.24, 2.45) is 11.8 Å². The Bertz CT molecular complexity index is 736. The lowest BCUT2D eigenvalue weighted by Crippen LogP contribution is -2.15. The first-order valence-corrected chi connectivity index (χ1v) is 11.4. The molecule has 1 aliphatic rings. The zero-order chi connectivity index (χ0) is 19.6. The van der Waals surface area contributed by atoms with Gasteiger partial charge in [-0.25, -0.2) is 0 Å². The van der Waals surface area contributed by atoms with Crippen LogP contribution in [0.3, 0.4) is 0 Å². The summed E-state index contributed by atoms with van der Waals surface area (Å²) >= 11 is 0. The molecule has 0 aliphatic heterocycles. The van der Waals surface area contributed by atoms with Crippen molar-refractivity contribution >= 4 is 0 Å². The predicted octanol–water partition coefficient (Wildman–Crippen LogP) is 7.77. The molecule has 148 valence electrons. The van der Waals surface area contributed by atoms with Crippen LogP contribution >= 0.6 is 0 Å². The third-order valence-corrected chi connectivity index (χ3v) is 6.46. The summed E-state index contributed by atoms with van der Waals surface area (Å²) < 4.78 is 0. The zero-order valence-electron chi connectivity index (χ0n) is 17.8. The Kier molecular flexibility index (Phi) is 8.23. The van der Waals surface area contributed by atoms with Crippen molar-refractivity contribution in [2.45, 2.75) is 77.6 Å². The maximum absolute atomic E-state index is 3.47. The molecule has 0 heterocycles. The fourth-order valence-corrected chi connectivity index (χ4v) is 4.62. The summed E-state index contributed by atoms with van der Waals surface area (Å²) in [7, 11) is 0. The molecular formula is C28H36. The Hall–Kier alpha value is -2.00. The summed E-state index contributed by atoms with van der Waals surface area (Å²) in [4.78, 5) is 0. The second-order valence-electron chi connectivity index (χ2n) is 8.55. The van der Waals surface area contributed by atoms with E-state index in [2.05, 4.69) is 80.3 Å². The topological polar surface area (TPSA) is 0 Å². The van der Waals surface area contributed by atoms with Gasteiger partial charge in [0.15, 0.2) is 0 Å². The number of benzene rings is 2. The molecule has 0 saturated heterocycles. The van der Waals surface area contributed by atoms with Crippen molar-refractivity contribution in [3.05, 3.63) is 71.3 Å². The molecule has 1 saturated carbocycles. The van der Waals surface area contributed by atoms with Gasteiger partial charge in [-0.3, -0.25) is 0 Å². The summed E-state index contributed by atoms with van der Waals surface area (Å²) in [5.41, 5.74) is 3.93. The zero-order valence-corrected chi connectivity index (χ0v) is 17.8. The lowest BCUT2D eigenvalue weighted by molar-refractivity contribution is 0.252. The predicted molar refractivity (Wildman–Crippen MR) is 121 cm³/mol. The fraction of sp³-hybridized carbons (Fsp3) is 0.500. The summed E-state index contributed by atoms with van der Waals surface area (Å²) in [6.45, 7) is 4.54. The van der Waals surface area contributed by atoms with Crippen molar-refractivity contribution in [1.82, 2.24) is 0 Å². The van der Waals surface area contributed by atoms with Gasteiger partial charge in [-0.1, -0.05) is 107 Å². The molecule has 1 aliphatic carbocycles. The minimum absolute atomic E-state index is 0.323. The standard InChI is InChI=1S/C28H36/c1-3-8-23-11-13-24(14-12-23)15-16-25-17-19-26(20-18-25)21-22-27(4-2)28-9-6-5-7-10-28/h5-7,9-10,17-20,23-24,27H,3-4,8,11-16H2,1-2H3/t23-,24-,27?. The third kappa shape index (κ3) is 6.27. The summed E-state index contributed by atoms with van der Waals surface area (Å²) in [5.74, 6) is 9.15. The molecule has 28 heavy (non-hydrogen) atoms. The molecule has 2 aromatic rings. The Morgan fingerprint density at radius 2 is 1.46 bits per heavy atom. The molecule has 0 nitrogen and oxygen atoms in total. The van der Waals surface area contributed by atoms with E-state index in [1.54, 1.807) is 0 Å². The van der Waals surface area contributed by atoms with Gasteiger partial charge in [0.25, 0.3) is 0 Å². The Morgan fingerprint density at radius 1 is 0.821 bits per heavy atom. The summed E-state index contributed by atoms with van der Waals surface area (Å²) in [5, 5.41) is 0. The van der Waals surface area contributed by atoms with Gasteiger partial charge in [-0.15, -0.1) is 0 Å². The van der Waals surface area contributed by atoms with Crippen LogP contribution < -0.4 is 0 Å². The molecule has 0 aromatic heterocycles. The number of hydrogen-bond acceptors (Lipinski definition) is 0. The molecular weight excluding hydrogens is 336 g/mol. The van der Waals surface area contributed by atoms with Crippen LogP contribution in [0, 0.1) is 23.7 Å². The molecule has 2 aromatic carbocycles. The quantitative estimate of drug-likeness (QED) is 0.435. The van der Waals surface area contributed by atoms with E-state index in [1.807, 2.05) is 0 Å². The number of hydrogen-bond donors (Lipinski definition) is 0. The van der Waals surface area contributed by atoms with Crippen molar-refractivity contribution < 1.29 is 0 Å². The van der Waals surface area contributed by atoms with Crippen LogP contribution in [-0.4, -0.2) is 0 Å². The highest BCUT2D eigenvalue weighted by Crippen LogP contribution is 2.33. The molecule has 3 rings (SSSR count). The van der Waals surface area contributed by atoms with Crippen LogP contribution in [0.15, 0.2) is 54.6 Å². The Labute approximate surface area is 172 Å². The van der Waals surface area contributed by atoms with Crippen molar-refractivity contribution in [3.63, 3.8) is 0 Å². The highest BCUT2D eigenvalue weighted by atomic mass is 14.3. The molecule has 1 atom stereocenters. The fourth-order valence-electron chi connectivity index (χ4n) is 4.62. The van der Waals surface area contributed by atoms with E-state index < -0.39 is 0 Å². The average molecular weight is 373 g/mol. The van der Waals surface area contributed by atoms with Crippen LogP contribution in [0.4, 0.5) is 0 Å². The summed E-state index contributed by atoms with van der Waals surface area (Å²) in [6, 6.07) is 19.6. The molecule has 0 bridgehead atoms. The van der Waals surface area contributed by atoms with Gasteiger partial charge in [-0.05, 0) is 54.4 Å². The van der Waals surface area contributed by atoms with E-state index in [-0.39, 0.29) is 0 Å². The normalized spacial score (nSPS) is 20.2. The van der Waals surface area contributed by atoms with Gasteiger partial charge >= 0.3 is 0 Å². The first kappa shape index (κ1) is 20.7. The summed E-state index contributed by atoms with van der Waals surface area (Å²) in [6.07, 6.45) is 12.3. The minimum atomic E-state index is 0.323. The smallest absolute Gasteiger partial charge is 0.0453 e. The molecule has 0 spiro atoms. The van der Waals surface area contributed by atoms with E-state index in [0.717, 1.165) is 23.8 Å². The van der Waals surface area contributed by atoms with Crippen LogP contribution in [-0.2, 0) is 6.42 Å². The van der Waals surface area contributed by atoms with E-state index >= 15 is 0 Å². The van der Waals surface area contributed by atoms with E-state index in [4.69, 9.17) is 0 Å².